The average Bonchev–Trinajstić information content (AvgIpc) is 2.60. The van der Waals surface area contributed by atoms with Crippen molar-refractivity contribution in [1.82, 2.24) is 5.32 Å². The van der Waals surface area contributed by atoms with Crippen LogP contribution >= 0.6 is 0 Å². The highest BCUT2D eigenvalue weighted by Crippen LogP contribution is 2.23. The molecular formula is C22H30N2O3S. The van der Waals surface area contributed by atoms with Crippen molar-refractivity contribution in [3.05, 3.63) is 64.7 Å². The molecule has 1 atom stereocenters. The Morgan fingerprint density at radius 2 is 1.64 bits per heavy atom. The molecule has 0 aliphatic carbocycles. The van der Waals surface area contributed by atoms with Gasteiger partial charge in [-0.15, -0.1) is 0 Å². The van der Waals surface area contributed by atoms with E-state index in [2.05, 4.69) is 19.2 Å². The molecule has 1 N–H and O–H groups in total. The number of nitrogens with zero attached hydrogens (tertiary/aromatic N) is 1. The number of carbonyl (C=O) groups excluding carboxylic acids is 1. The highest BCUT2D eigenvalue weighted by Gasteiger charge is 2.22. The molecule has 0 aliphatic rings. The van der Waals surface area contributed by atoms with Crippen molar-refractivity contribution in [3.63, 3.8) is 0 Å². The average molecular weight is 403 g/mol. The van der Waals surface area contributed by atoms with Gasteiger partial charge in [0.15, 0.2) is 0 Å². The summed E-state index contributed by atoms with van der Waals surface area (Å²) in [4.78, 5) is 12.6. The topological polar surface area (TPSA) is 66.5 Å². The lowest BCUT2D eigenvalue weighted by Crippen LogP contribution is -2.41. The van der Waals surface area contributed by atoms with Crippen molar-refractivity contribution in [2.24, 2.45) is 0 Å². The lowest BCUT2D eigenvalue weighted by molar-refractivity contribution is -0.120. The molecule has 0 aliphatic heterocycles. The first kappa shape index (κ1) is 22.0. The monoisotopic (exact) mass is 402 g/mol. The highest BCUT2D eigenvalue weighted by atomic mass is 32.2. The summed E-state index contributed by atoms with van der Waals surface area (Å²) in [6.07, 6.45) is 1.12. The Balaban J connectivity index is 2.18. The molecule has 2 aromatic rings. The van der Waals surface area contributed by atoms with E-state index in [4.69, 9.17) is 0 Å². The maximum Gasteiger partial charge on any atom is 0.241 e. The summed E-state index contributed by atoms with van der Waals surface area (Å²) in [5.74, 6) is 0.00854. The van der Waals surface area contributed by atoms with Crippen LogP contribution in [0.15, 0.2) is 42.5 Å². The van der Waals surface area contributed by atoms with Crippen LogP contribution < -0.4 is 9.62 Å². The molecular weight excluding hydrogens is 372 g/mol. The fourth-order valence-electron chi connectivity index (χ4n) is 3.15. The van der Waals surface area contributed by atoms with Gasteiger partial charge >= 0.3 is 0 Å². The van der Waals surface area contributed by atoms with Crippen LogP contribution in [0.25, 0.3) is 0 Å². The Hall–Kier alpha value is -2.34. The van der Waals surface area contributed by atoms with Gasteiger partial charge in [0, 0.05) is 0 Å². The maximum absolute atomic E-state index is 12.6. The largest absolute Gasteiger partial charge is 0.348 e. The number of carbonyl (C=O) groups is 1. The van der Waals surface area contributed by atoms with Crippen molar-refractivity contribution < 1.29 is 13.2 Å². The van der Waals surface area contributed by atoms with Crippen molar-refractivity contribution in [2.45, 2.75) is 46.6 Å². The van der Waals surface area contributed by atoms with E-state index < -0.39 is 10.0 Å². The molecule has 5 nitrogen and oxygen atoms in total. The molecule has 28 heavy (non-hydrogen) atoms. The number of anilines is 1. The Labute approximate surface area is 168 Å². The SMILES string of the molecule is Cc1ccc(C)c(C(C)NC(=O)CN(c2ccc(C(C)C)cc2)S(C)(=O)=O)c1. The molecule has 152 valence electrons. The standard InChI is InChI=1S/C22H30N2O3S/c1-15(2)19-9-11-20(12-10-19)24(28(6,26)27)14-22(25)23-18(5)21-13-16(3)7-8-17(21)4/h7-13,15,18H,14H2,1-6H3,(H,23,25). The van der Waals surface area contributed by atoms with E-state index in [0.29, 0.717) is 11.6 Å². The molecule has 0 radical (unpaired) electrons. The first-order valence-corrected chi connectivity index (χ1v) is 11.3. The Kier molecular flexibility index (Phi) is 6.88. The lowest BCUT2D eigenvalue weighted by atomic mass is 10.00. The predicted octanol–water partition coefficient (Wildman–Crippen LogP) is 4.07. The second kappa shape index (κ2) is 8.78. The minimum Gasteiger partial charge on any atom is -0.348 e. The van der Waals surface area contributed by atoms with Crippen LogP contribution in [0.2, 0.25) is 0 Å². The molecule has 0 saturated heterocycles. The van der Waals surface area contributed by atoms with Gasteiger partial charge in [-0.05, 0) is 55.5 Å². The van der Waals surface area contributed by atoms with Gasteiger partial charge in [-0.2, -0.15) is 0 Å². The van der Waals surface area contributed by atoms with E-state index in [1.807, 2.05) is 51.1 Å². The van der Waals surface area contributed by atoms with Gasteiger partial charge < -0.3 is 5.32 Å². The normalized spacial score (nSPS) is 12.7. The quantitative estimate of drug-likeness (QED) is 0.759. The zero-order valence-corrected chi connectivity index (χ0v) is 18.3. The van der Waals surface area contributed by atoms with Gasteiger partial charge in [-0.3, -0.25) is 9.10 Å². The first-order chi connectivity index (χ1) is 13.0. The van der Waals surface area contributed by atoms with E-state index in [1.165, 1.54) is 0 Å². The van der Waals surface area contributed by atoms with Gasteiger partial charge in [-0.1, -0.05) is 49.7 Å². The van der Waals surface area contributed by atoms with Crippen LogP contribution in [0.4, 0.5) is 5.69 Å². The number of hydrogen-bond donors (Lipinski definition) is 1. The van der Waals surface area contributed by atoms with Gasteiger partial charge in [0.25, 0.3) is 0 Å². The highest BCUT2D eigenvalue weighted by molar-refractivity contribution is 7.92. The summed E-state index contributed by atoms with van der Waals surface area (Å²) in [6, 6.07) is 13.2. The number of hydrogen-bond acceptors (Lipinski definition) is 3. The van der Waals surface area contributed by atoms with Crippen LogP contribution in [-0.2, 0) is 14.8 Å². The predicted molar refractivity (Wildman–Crippen MR) is 115 cm³/mol. The van der Waals surface area contributed by atoms with E-state index in [9.17, 15) is 13.2 Å². The molecule has 0 aromatic heterocycles. The first-order valence-electron chi connectivity index (χ1n) is 9.43. The second-order valence-corrected chi connectivity index (χ2v) is 9.57. The third-order valence-electron chi connectivity index (χ3n) is 4.81. The summed E-state index contributed by atoms with van der Waals surface area (Å²) >= 11 is 0. The molecule has 0 bridgehead atoms. The number of sulfonamides is 1. The Morgan fingerprint density at radius 1 is 1.04 bits per heavy atom. The van der Waals surface area contributed by atoms with Crippen molar-refractivity contribution in [2.75, 3.05) is 17.1 Å². The number of aryl methyl sites for hydroxylation is 2. The van der Waals surface area contributed by atoms with Crippen LogP contribution in [0.3, 0.4) is 0 Å². The third kappa shape index (κ3) is 5.58. The smallest absolute Gasteiger partial charge is 0.241 e. The fourth-order valence-corrected chi connectivity index (χ4v) is 4.00. The second-order valence-electron chi connectivity index (χ2n) is 7.67. The molecule has 2 rings (SSSR count). The van der Waals surface area contributed by atoms with E-state index in [-0.39, 0.29) is 18.5 Å². The zero-order chi connectivity index (χ0) is 21.1. The van der Waals surface area contributed by atoms with Gasteiger partial charge in [0.05, 0.1) is 18.0 Å². The number of nitrogens with one attached hydrogen (secondary N) is 1. The van der Waals surface area contributed by atoms with Gasteiger partial charge in [-0.25, -0.2) is 8.42 Å². The molecule has 1 amide bonds. The number of benzene rings is 2. The minimum absolute atomic E-state index is 0.211. The van der Waals surface area contributed by atoms with Crippen molar-refractivity contribution >= 4 is 21.6 Å². The Bertz CT molecular complexity index is 935. The van der Waals surface area contributed by atoms with Crippen LogP contribution in [0, 0.1) is 13.8 Å². The minimum atomic E-state index is -3.59. The zero-order valence-electron chi connectivity index (χ0n) is 17.5. The maximum atomic E-state index is 12.6. The van der Waals surface area contributed by atoms with E-state index in [0.717, 1.165) is 32.8 Å². The Morgan fingerprint density at radius 3 is 2.18 bits per heavy atom. The number of rotatable bonds is 7. The molecule has 2 aromatic carbocycles. The molecule has 1 unspecified atom stereocenters. The summed E-state index contributed by atoms with van der Waals surface area (Å²) in [5.41, 5.74) is 4.83. The fraction of sp³-hybridized carbons (Fsp3) is 0.409. The van der Waals surface area contributed by atoms with Crippen molar-refractivity contribution in [1.29, 1.82) is 0 Å². The number of amides is 1. The molecule has 6 heteroatoms. The molecule has 0 saturated carbocycles. The van der Waals surface area contributed by atoms with E-state index in [1.54, 1.807) is 12.1 Å². The van der Waals surface area contributed by atoms with Gasteiger partial charge in [0.2, 0.25) is 15.9 Å². The van der Waals surface area contributed by atoms with E-state index >= 15 is 0 Å². The van der Waals surface area contributed by atoms with Gasteiger partial charge in [0.1, 0.15) is 6.54 Å². The van der Waals surface area contributed by atoms with Crippen LogP contribution in [-0.4, -0.2) is 27.1 Å². The molecule has 0 fully saturated rings. The summed E-state index contributed by atoms with van der Waals surface area (Å²) in [6.45, 7) is 9.80. The van der Waals surface area contributed by atoms with Crippen LogP contribution in [0.5, 0.6) is 0 Å². The molecule has 0 spiro atoms. The lowest BCUT2D eigenvalue weighted by Gasteiger charge is -2.24. The molecule has 0 heterocycles. The van der Waals surface area contributed by atoms with Crippen molar-refractivity contribution in [3.8, 4) is 0 Å². The van der Waals surface area contributed by atoms with Crippen LogP contribution in [0.1, 0.15) is 55.0 Å². The summed E-state index contributed by atoms with van der Waals surface area (Å²) in [7, 11) is -3.59. The third-order valence-corrected chi connectivity index (χ3v) is 5.95. The summed E-state index contributed by atoms with van der Waals surface area (Å²) in [5, 5.41) is 2.92. The summed E-state index contributed by atoms with van der Waals surface area (Å²) < 4.78 is 25.7.